The molecule has 1 saturated heterocycles. The van der Waals surface area contributed by atoms with Gasteiger partial charge in [-0.3, -0.25) is 14.4 Å². The van der Waals surface area contributed by atoms with Gasteiger partial charge in [0, 0.05) is 22.1 Å². The predicted molar refractivity (Wildman–Crippen MR) is 91.0 cm³/mol. The normalized spacial score (nSPS) is 39.8. The molecule has 1 saturated carbocycles. The van der Waals surface area contributed by atoms with Gasteiger partial charge in [-0.15, -0.1) is 0 Å². The third-order valence-corrected chi connectivity index (χ3v) is 7.01. The molecule has 2 bridgehead atoms. The quantitative estimate of drug-likeness (QED) is 0.421. The molecule has 1 heterocycles. The van der Waals surface area contributed by atoms with Gasteiger partial charge in [0.2, 0.25) is 11.6 Å². The number of carbonyl (C=O) groups excluding carboxylic acids is 3. The standard InChI is InChI=1S/C20H24O6/c1-9(2)12-15(22)13-10(21)7-11-19(3)5-4-6-20(11,8-26-18(19)25)14(13)17(24)16(12)23/h9-11,21-22H,4-8H2,1-3H3. The molecule has 4 rings (SSSR count). The summed E-state index contributed by atoms with van der Waals surface area (Å²) in [6.45, 7) is 5.33. The molecule has 4 unspecified atom stereocenters. The van der Waals surface area contributed by atoms with Crippen molar-refractivity contribution in [3.63, 3.8) is 0 Å². The molecule has 0 aromatic carbocycles. The second-order valence-electron chi connectivity index (χ2n) is 8.67. The second-order valence-corrected chi connectivity index (χ2v) is 8.67. The Morgan fingerprint density at radius 1 is 1.15 bits per heavy atom. The first kappa shape index (κ1) is 17.5. The maximum atomic E-state index is 13.1. The van der Waals surface area contributed by atoms with Crippen LogP contribution in [0.15, 0.2) is 22.5 Å². The van der Waals surface area contributed by atoms with E-state index < -0.39 is 28.5 Å². The Balaban J connectivity index is 1.99. The lowest BCUT2D eigenvalue weighted by atomic mass is 9.46. The number of ketones is 2. The number of aliphatic hydroxyl groups excluding tert-OH is 2. The first-order valence-corrected chi connectivity index (χ1v) is 9.27. The summed E-state index contributed by atoms with van der Waals surface area (Å²) in [7, 11) is 0. The van der Waals surface area contributed by atoms with Crippen LogP contribution in [0.1, 0.15) is 46.5 Å². The van der Waals surface area contributed by atoms with Crippen LogP contribution in [0, 0.1) is 22.7 Å². The third kappa shape index (κ3) is 1.88. The summed E-state index contributed by atoms with van der Waals surface area (Å²) in [5.41, 5.74) is -1.15. The van der Waals surface area contributed by atoms with Gasteiger partial charge in [0.05, 0.1) is 11.5 Å². The number of carbonyl (C=O) groups is 3. The van der Waals surface area contributed by atoms with Crippen molar-refractivity contribution in [2.75, 3.05) is 6.61 Å². The van der Waals surface area contributed by atoms with Crippen molar-refractivity contribution >= 4 is 17.5 Å². The smallest absolute Gasteiger partial charge is 0.312 e. The summed E-state index contributed by atoms with van der Waals surface area (Å²) in [5.74, 6) is -2.53. The summed E-state index contributed by atoms with van der Waals surface area (Å²) in [6, 6.07) is 0. The topological polar surface area (TPSA) is 101 Å². The highest BCUT2D eigenvalue weighted by atomic mass is 16.5. The number of rotatable bonds is 1. The number of cyclic esters (lactones) is 1. The van der Waals surface area contributed by atoms with Crippen LogP contribution in [0.4, 0.5) is 0 Å². The van der Waals surface area contributed by atoms with Gasteiger partial charge in [-0.1, -0.05) is 20.3 Å². The molecule has 26 heavy (non-hydrogen) atoms. The predicted octanol–water partition coefficient (Wildman–Crippen LogP) is 2.02. The van der Waals surface area contributed by atoms with Crippen LogP contribution in [0.3, 0.4) is 0 Å². The highest BCUT2D eigenvalue weighted by Crippen LogP contribution is 2.64. The lowest BCUT2D eigenvalue weighted by molar-refractivity contribution is -0.195. The molecule has 140 valence electrons. The van der Waals surface area contributed by atoms with E-state index in [2.05, 4.69) is 0 Å². The van der Waals surface area contributed by atoms with Crippen molar-refractivity contribution in [3.8, 4) is 0 Å². The molecule has 0 spiro atoms. The van der Waals surface area contributed by atoms with Crippen LogP contribution < -0.4 is 0 Å². The minimum atomic E-state index is -1.07. The lowest BCUT2D eigenvalue weighted by Gasteiger charge is -2.59. The van der Waals surface area contributed by atoms with E-state index >= 15 is 0 Å². The highest BCUT2D eigenvalue weighted by Gasteiger charge is 2.66. The van der Waals surface area contributed by atoms with E-state index in [1.807, 2.05) is 6.92 Å². The largest absolute Gasteiger partial charge is 0.507 e. The molecule has 6 heteroatoms. The molecule has 0 aromatic rings. The summed E-state index contributed by atoms with van der Waals surface area (Å²) >= 11 is 0. The van der Waals surface area contributed by atoms with E-state index in [0.717, 1.165) is 6.42 Å². The van der Waals surface area contributed by atoms with Crippen LogP contribution in [0.2, 0.25) is 0 Å². The van der Waals surface area contributed by atoms with Gasteiger partial charge in [0.15, 0.2) is 0 Å². The van der Waals surface area contributed by atoms with Crippen LogP contribution in [-0.4, -0.2) is 40.5 Å². The number of hydrogen-bond acceptors (Lipinski definition) is 6. The Morgan fingerprint density at radius 2 is 1.85 bits per heavy atom. The van der Waals surface area contributed by atoms with E-state index in [9.17, 15) is 24.6 Å². The molecule has 6 nitrogen and oxygen atoms in total. The number of esters is 1. The average Bonchev–Trinajstić information content (AvgIpc) is 2.56. The maximum absolute atomic E-state index is 13.1. The fourth-order valence-corrected chi connectivity index (χ4v) is 5.79. The zero-order chi connectivity index (χ0) is 19.0. The Bertz CT molecular complexity index is 803. The number of allylic oxidation sites excluding steroid dienone is 1. The van der Waals surface area contributed by atoms with E-state index in [0.29, 0.717) is 12.8 Å². The fourth-order valence-electron chi connectivity index (χ4n) is 5.79. The third-order valence-electron chi connectivity index (χ3n) is 7.01. The Labute approximate surface area is 151 Å². The van der Waals surface area contributed by atoms with Crippen molar-refractivity contribution < 1.29 is 29.3 Å². The van der Waals surface area contributed by atoms with Gasteiger partial charge in [0.1, 0.15) is 12.4 Å². The molecular formula is C20H24O6. The lowest BCUT2D eigenvalue weighted by Crippen LogP contribution is -2.62. The number of aliphatic hydroxyl groups is 2. The SMILES string of the molecule is CC(C)C1=C(O)C2=C(C(=O)C1=O)C13CCCC(C)(C(=O)OC1)C3CC2O. The van der Waals surface area contributed by atoms with Gasteiger partial charge in [-0.25, -0.2) is 0 Å². The van der Waals surface area contributed by atoms with E-state index in [1.165, 1.54) is 0 Å². The van der Waals surface area contributed by atoms with Crippen molar-refractivity contribution in [1.29, 1.82) is 0 Å². The fraction of sp³-hybridized carbons (Fsp3) is 0.650. The maximum Gasteiger partial charge on any atom is 0.312 e. The highest BCUT2D eigenvalue weighted by molar-refractivity contribution is 6.50. The van der Waals surface area contributed by atoms with Crippen molar-refractivity contribution in [3.05, 3.63) is 22.5 Å². The molecule has 4 atom stereocenters. The zero-order valence-electron chi connectivity index (χ0n) is 15.3. The van der Waals surface area contributed by atoms with Gasteiger partial charge < -0.3 is 14.9 Å². The molecule has 2 N–H and O–H groups in total. The Hall–Kier alpha value is -1.95. The number of Topliss-reactive ketones (excluding diaryl/α,β-unsaturated/α-hetero) is 2. The monoisotopic (exact) mass is 360 g/mol. The number of ether oxygens (including phenoxy) is 1. The first-order chi connectivity index (χ1) is 12.1. The molecule has 0 aromatic heterocycles. The average molecular weight is 360 g/mol. The molecule has 4 aliphatic rings. The summed E-state index contributed by atoms with van der Waals surface area (Å²) in [5, 5.41) is 21.6. The van der Waals surface area contributed by atoms with Gasteiger partial charge in [-0.05, 0) is 38.0 Å². The van der Waals surface area contributed by atoms with Crippen LogP contribution in [0.5, 0.6) is 0 Å². The molecule has 2 fully saturated rings. The Morgan fingerprint density at radius 3 is 2.50 bits per heavy atom. The van der Waals surface area contributed by atoms with Crippen molar-refractivity contribution in [2.24, 2.45) is 22.7 Å². The molecular weight excluding hydrogens is 336 g/mol. The summed E-state index contributed by atoms with van der Waals surface area (Å²) in [4.78, 5) is 38.3. The van der Waals surface area contributed by atoms with Crippen molar-refractivity contribution in [2.45, 2.75) is 52.6 Å². The molecule has 3 aliphatic carbocycles. The number of hydrogen-bond donors (Lipinski definition) is 2. The molecule has 0 amide bonds. The second kappa shape index (κ2) is 5.28. The Kier molecular flexibility index (Phi) is 3.55. The van der Waals surface area contributed by atoms with E-state index in [4.69, 9.17) is 4.74 Å². The van der Waals surface area contributed by atoms with E-state index in [-0.39, 0.29) is 53.3 Å². The van der Waals surface area contributed by atoms with Crippen LogP contribution in [0.25, 0.3) is 0 Å². The van der Waals surface area contributed by atoms with Gasteiger partial charge in [0.25, 0.3) is 0 Å². The van der Waals surface area contributed by atoms with Crippen molar-refractivity contribution in [1.82, 2.24) is 0 Å². The molecule has 1 aliphatic heterocycles. The van der Waals surface area contributed by atoms with Gasteiger partial charge in [-0.2, -0.15) is 0 Å². The van der Waals surface area contributed by atoms with Crippen LogP contribution >= 0.6 is 0 Å². The first-order valence-electron chi connectivity index (χ1n) is 9.27. The summed E-state index contributed by atoms with van der Waals surface area (Å²) in [6.07, 6.45) is 1.18. The molecule has 0 radical (unpaired) electrons. The zero-order valence-corrected chi connectivity index (χ0v) is 15.3. The summed E-state index contributed by atoms with van der Waals surface area (Å²) < 4.78 is 5.47. The minimum Gasteiger partial charge on any atom is -0.507 e. The minimum absolute atomic E-state index is 0.0287. The van der Waals surface area contributed by atoms with Crippen LogP contribution in [-0.2, 0) is 19.1 Å². The van der Waals surface area contributed by atoms with Gasteiger partial charge >= 0.3 is 5.97 Å². The van der Waals surface area contributed by atoms with E-state index in [1.54, 1.807) is 13.8 Å².